The Morgan fingerprint density at radius 2 is 1.87 bits per heavy atom. The standard InChI is InChI=1S/C18H22N4O/c1-21(2)16-9-10-22(12-16)18(23)14-5-3-13(4-6-14)15-7-8-17(19)20-11-15/h3-8,11,16H,9-10,12H2,1-2H3,(H2,19,20)/t16-/m1/s1. The molecule has 120 valence electrons. The number of carbonyl (C=O) groups is 1. The van der Waals surface area contributed by atoms with E-state index in [4.69, 9.17) is 5.73 Å². The number of nitrogens with two attached hydrogens (primary N) is 1. The Bertz CT molecular complexity index is 679. The van der Waals surface area contributed by atoms with Crippen molar-refractivity contribution in [3.05, 3.63) is 48.2 Å². The quantitative estimate of drug-likeness (QED) is 0.943. The molecule has 1 aromatic heterocycles. The second-order valence-electron chi connectivity index (χ2n) is 6.21. The lowest BCUT2D eigenvalue weighted by atomic mass is 10.1. The monoisotopic (exact) mass is 310 g/mol. The SMILES string of the molecule is CN(C)[C@@H]1CCN(C(=O)c2ccc(-c3ccc(N)nc3)cc2)C1. The zero-order valence-corrected chi connectivity index (χ0v) is 13.6. The van der Waals surface area contributed by atoms with Gasteiger partial charge in [-0.15, -0.1) is 0 Å². The zero-order chi connectivity index (χ0) is 16.4. The molecule has 0 bridgehead atoms. The molecule has 2 aromatic rings. The number of likely N-dealkylation sites (tertiary alicyclic amines) is 1. The van der Waals surface area contributed by atoms with Gasteiger partial charge >= 0.3 is 0 Å². The molecule has 1 aromatic carbocycles. The van der Waals surface area contributed by atoms with Crippen LogP contribution in [-0.2, 0) is 0 Å². The van der Waals surface area contributed by atoms with Crippen molar-refractivity contribution >= 4 is 11.7 Å². The number of benzene rings is 1. The molecular formula is C18H22N4O. The lowest BCUT2D eigenvalue weighted by Crippen LogP contribution is -2.34. The van der Waals surface area contributed by atoms with E-state index in [1.807, 2.05) is 35.2 Å². The lowest BCUT2D eigenvalue weighted by Gasteiger charge is -2.20. The first-order chi connectivity index (χ1) is 11.0. The van der Waals surface area contributed by atoms with Crippen molar-refractivity contribution in [3.63, 3.8) is 0 Å². The van der Waals surface area contributed by atoms with E-state index in [-0.39, 0.29) is 5.91 Å². The van der Waals surface area contributed by atoms with Crippen molar-refractivity contribution in [2.45, 2.75) is 12.5 Å². The number of hydrogen-bond donors (Lipinski definition) is 1. The predicted molar refractivity (Wildman–Crippen MR) is 92.1 cm³/mol. The Morgan fingerprint density at radius 1 is 1.17 bits per heavy atom. The topological polar surface area (TPSA) is 62.5 Å². The molecule has 2 heterocycles. The van der Waals surface area contributed by atoms with E-state index < -0.39 is 0 Å². The molecule has 1 saturated heterocycles. The minimum Gasteiger partial charge on any atom is -0.384 e. The van der Waals surface area contributed by atoms with Crippen LogP contribution >= 0.6 is 0 Å². The van der Waals surface area contributed by atoms with E-state index in [2.05, 4.69) is 24.0 Å². The van der Waals surface area contributed by atoms with Crippen LogP contribution in [0.3, 0.4) is 0 Å². The van der Waals surface area contributed by atoms with Crippen LogP contribution in [0.2, 0.25) is 0 Å². The van der Waals surface area contributed by atoms with Gasteiger partial charge in [0.1, 0.15) is 5.82 Å². The number of nitrogens with zero attached hydrogens (tertiary/aromatic N) is 3. The second kappa shape index (κ2) is 6.38. The van der Waals surface area contributed by atoms with E-state index in [9.17, 15) is 4.79 Å². The first-order valence-corrected chi connectivity index (χ1v) is 7.82. The van der Waals surface area contributed by atoms with Crippen LogP contribution in [0, 0.1) is 0 Å². The van der Waals surface area contributed by atoms with Gasteiger partial charge < -0.3 is 15.5 Å². The maximum atomic E-state index is 12.6. The molecule has 23 heavy (non-hydrogen) atoms. The van der Waals surface area contributed by atoms with Gasteiger partial charge in [-0.05, 0) is 50.3 Å². The number of hydrogen-bond acceptors (Lipinski definition) is 4. The molecule has 2 N–H and O–H groups in total. The summed E-state index contributed by atoms with van der Waals surface area (Å²) in [5.41, 5.74) is 8.36. The fourth-order valence-electron chi connectivity index (χ4n) is 2.91. The van der Waals surface area contributed by atoms with Gasteiger partial charge in [-0.1, -0.05) is 12.1 Å². The summed E-state index contributed by atoms with van der Waals surface area (Å²) in [5, 5.41) is 0. The van der Waals surface area contributed by atoms with Crippen LogP contribution in [0.15, 0.2) is 42.6 Å². The Kier molecular flexibility index (Phi) is 4.30. The number of rotatable bonds is 3. The van der Waals surface area contributed by atoms with Crippen molar-refractivity contribution in [1.82, 2.24) is 14.8 Å². The van der Waals surface area contributed by atoms with Crippen LogP contribution in [-0.4, -0.2) is 53.9 Å². The van der Waals surface area contributed by atoms with Gasteiger partial charge in [-0.2, -0.15) is 0 Å². The normalized spacial score (nSPS) is 17.7. The smallest absolute Gasteiger partial charge is 0.253 e. The number of likely N-dealkylation sites (N-methyl/N-ethyl adjacent to an activating group) is 1. The Hall–Kier alpha value is -2.40. The summed E-state index contributed by atoms with van der Waals surface area (Å²) in [4.78, 5) is 20.8. The Labute approximate surface area is 136 Å². The molecule has 5 heteroatoms. The van der Waals surface area contributed by atoms with Crippen molar-refractivity contribution in [2.24, 2.45) is 0 Å². The summed E-state index contributed by atoms with van der Waals surface area (Å²) in [6.07, 6.45) is 2.78. The summed E-state index contributed by atoms with van der Waals surface area (Å²) < 4.78 is 0. The first-order valence-electron chi connectivity index (χ1n) is 7.82. The second-order valence-corrected chi connectivity index (χ2v) is 6.21. The zero-order valence-electron chi connectivity index (χ0n) is 13.6. The van der Waals surface area contributed by atoms with Crippen molar-refractivity contribution in [2.75, 3.05) is 32.9 Å². The number of pyridine rings is 1. The lowest BCUT2D eigenvalue weighted by molar-refractivity contribution is 0.0783. The van der Waals surface area contributed by atoms with Gasteiger partial charge in [0, 0.05) is 36.5 Å². The fourth-order valence-corrected chi connectivity index (χ4v) is 2.91. The van der Waals surface area contributed by atoms with Gasteiger partial charge in [-0.25, -0.2) is 4.98 Å². The molecule has 1 aliphatic heterocycles. The number of nitrogen functional groups attached to an aromatic ring is 1. The maximum absolute atomic E-state index is 12.6. The Morgan fingerprint density at radius 3 is 2.43 bits per heavy atom. The summed E-state index contributed by atoms with van der Waals surface area (Å²) >= 11 is 0. The molecule has 0 aliphatic carbocycles. The highest BCUT2D eigenvalue weighted by molar-refractivity contribution is 5.95. The van der Waals surface area contributed by atoms with Crippen LogP contribution in [0.4, 0.5) is 5.82 Å². The third kappa shape index (κ3) is 3.35. The van der Waals surface area contributed by atoms with Gasteiger partial charge in [0.2, 0.25) is 0 Å². The minimum atomic E-state index is 0.108. The van der Waals surface area contributed by atoms with Crippen LogP contribution in [0.5, 0.6) is 0 Å². The van der Waals surface area contributed by atoms with Gasteiger partial charge in [0.25, 0.3) is 5.91 Å². The molecule has 0 saturated carbocycles. The minimum absolute atomic E-state index is 0.108. The number of amides is 1. The molecule has 1 atom stereocenters. The van der Waals surface area contributed by atoms with E-state index in [1.165, 1.54) is 0 Å². The van der Waals surface area contributed by atoms with Gasteiger partial charge in [0.05, 0.1) is 0 Å². The van der Waals surface area contributed by atoms with E-state index in [0.717, 1.165) is 36.2 Å². The van der Waals surface area contributed by atoms with Gasteiger partial charge in [-0.3, -0.25) is 4.79 Å². The van der Waals surface area contributed by atoms with Crippen LogP contribution in [0.1, 0.15) is 16.8 Å². The first kappa shape index (κ1) is 15.5. The number of carbonyl (C=O) groups excluding carboxylic acids is 1. The molecule has 1 amide bonds. The molecule has 1 aliphatic rings. The fraction of sp³-hybridized carbons (Fsp3) is 0.333. The third-order valence-electron chi connectivity index (χ3n) is 4.43. The average molecular weight is 310 g/mol. The summed E-state index contributed by atoms with van der Waals surface area (Å²) in [6, 6.07) is 11.9. The molecule has 5 nitrogen and oxygen atoms in total. The summed E-state index contributed by atoms with van der Waals surface area (Å²) in [7, 11) is 4.13. The summed E-state index contributed by atoms with van der Waals surface area (Å²) in [6.45, 7) is 1.63. The van der Waals surface area contributed by atoms with Crippen molar-refractivity contribution < 1.29 is 4.79 Å². The van der Waals surface area contributed by atoms with Crippen molar-refractivity contribution in [1.29, 1.82) is 0 Å². The molecule has 0 unspecified atom stereocenters. The third-order valence-corrected chi connectivity index (χ3v) is 4.43. The number of anilines is 1. The molecule has 3 rings (SSSR count). The highest BCUT2D eigenvalue weighted by Gasteiger charge is 2.27. The van der Waals surface area contributed by atoms with Crippen LogP contribution < -0.4 is 5.73 Å². The van der Waals surface area contributed by atoms with E-state index >= 15 is 0 Å². The van der Waals surface area contributed by atoms with E-state index in [1.54, 1.807) is 12.3 Å². The Balaban J connectivity index is 1.72. The van der Waals surface area contributed by atoms with E-state index in [0.29, 0.717) is 11.9 Å². The molecular weight excluding hydrogens is 288 g/mol. The highest BCUT2D eigenvalue weighted by atomic mass is 16.2. The molecule has 0 radical (unpaired) electrons. The van der Waals surface area contributed by atoms with Crippen molar-refractivity contribution in [3.8, 4) is 11.1 Å². The largest absolute Gasteiger partial charge is 0.384 e. The molecule has 1 fully saturated rings. The summed E-state index contributed by atoms with van der Waals surface area (Å²) in [5.74, 6) is 0.612. The predicted octanol–water partition coefficient (Wildman–Crippen LogP) is 2.11. The van der Waals surface area contributed by atoms with Crippen LogP contribution in [0.25, 0.3) is 11.1 Å². The maximum Gasteiger partial charge on any atom is 0.253 e. The number of aromatic nitrogens is 1. The average Bonchev–Trinajstić information content (AvgIpc) is 3.05. The molecule has 0 spiro atoms. The van der Waals surface area contributed by atoms with Gasteiger partial charge in [0.15, 0.2) is 0 Å². The highest BCUT2D eigenvalue weighted by Crippen LogP contribution is 2.21.